The summed E-state index contributed by atoms with van der Waals surface area (Å²) < 4.78 is 43.2. The van der Waals surface area contributed by atoms with Crippen LogP contribution in [0.25, 0.3) is 11.0 Å². The summed E-state index contributed by atoms with van der Waals surface area (Å²) in [5.41, 5.74) is 1.15. The number of fused-ring (bicyclic) bond motifs is 3. The second-order valence-corrected chi connectivity index (χ2v) is 7.64. The number of rotatable bonds is 4. The van der Waals surface area contributed by atoms with Crippen molar-refractivity contribution in [3.8, 4) is 0 Å². The number of pyridine rings is 1. The van der Waals surface area contributed by atoms with Crippen LogP contribution in [0.4, 0.5) is 18.9 Å². The van der Waals surface area contributed by atoms with Gasteiger partial charge in [0.05, 0.1) is 18.4 Å². The Morgan fingerprint density at radius 2 is 1.97 bits per heavy atom. The fraction of sp³-hybridized carbons (Fsp3) is 0.182. The van der Waals surface area contributed by atoms with Crippen LogP contribution in [-0.2, 0) is 6.54 Å². The van der Waals surface area contributed by atoms with Gasteiger partial charge in [-0.2, -0.15) is 18.3 Å². The van der Waals surface area contributed by atoms with Crippen molar-refractivity contribution in [3.63, 3.8) is 0 Å². The quantitative estimate of drug-likeness (QED) is 0.495. The molecule has 168 valence electrons. The molecule has 1 aliphatic rings. The molecule has 33 heavy (non-hydrogen) atoms. The van der Waals surface area contributed by atoms with Gasteiger partial charge in [-0.15, -0.1) is 0 Å². The number of hydrogen-bond donors (Lipinski definition) is 2. The lowest BCUT2D eigenvalue weighted by Gasteiger charge is -2.28. The molecular weight excluding hydrogens is 437 g/mol. The minimum atomic E-state index is -4.60. The molecule has 8 nitrogen and oxygen atoms in total. The van der Waals surface area contributed by atoms with Gasteiger partial charge < -0.3 is 15.2 Å². The molecule has 0 radical (unpaired) electrons. The second kappa shape index (κ2) is 7.76. The Morgan fingerprint density at radius 1 is 1.18 bits per heavy atom. The predicted molar refractivity (Wildman–Crippen MR) is 113 cm³/mol. The molecule has 1 aliphatic heterocycles. The van der Waals surface area contributed by atoms with E-state index in [1.165, 1.54) is 24.4 Å². The molecule has 1 aromatic carbocycles. The highest BCUT2D eigenvalue weighted by molar-refractivity contribution is 6.04. The number of carbonyl (C=O) groups is 2. The minimum absolute atomic E-state index is 0.0744. The maximum absolute atomic E-state index is 13.6. The third-order valence-corrected chi connectivity index (χ3v) is 5.37. The minimum Gasteiger partial charge on any atom is -0.348 e. The Morgan fingerprint density at radius 3 is 2.73 bits per heavy atom. The lowest BCUT2D eigenvalue weighted by Crippen LogP contribution is -2.44. The van der Waals surface area contributed by atoms with Crippen molar-refractivity contribution in [2.75, 3.05) is 11.9 Å². The maximum atomic E-state index is 13.6. The molecule has 4 aromatic rings. The van der Waals surface area contributed by atoms with E-state index >= 15 is 0 Å². The van der Waals surface area contributed by atoms with Crippen molar-refractivity contribution in [2.45, 2.75) is 18.8 Å². The molecule has 2 amide bonds. The maximum Gasteiger partial charge on any atom is 0.410 e. The number of carbonyl (C=O) groups excluding carboxylic acids is 2. The normalized spacial score (nSPS) is 15.8. The van der Waals surface area contributed by atoms with Crippen molar-refractivity contribution in [1.82, 2.24) is 24.6 Å². The van der Waals surface area contributed by atoms with E-state index in [9.17, 15) is 22.8 Å². The van der Waals surface area contributed by atoms with E-state index in [0.717, 1.165) is 10.1 Å². The van der Waals surface area contributed by atoms with Gasteiger partial charge >= 0.3 is 6.18 Å². The van der Waals surface area contributed by atoms with Gasteiger partial charge in [0.1, 0.15) is 23.1 Å². The van der Waals surface area contributed by atoms with Crippen molar-refractivity contribution in [1.29, 1.82) is 0 Å². The highest BCUT2D eigenvalue weighted by atomic mass is 19.4. The van der Waals surface area contributed by atoms with Crippen LogP contribution in [-0.4, -0.2) is 43.9 Å². The number of benzene rings is 1. The van der Waals surface area contributed by atoms with Gasteiger partial charge in [0.2, 0.25) is 0 Å². The summed E-state index contributed by atoms with van der Waals surface area (Å²) in [4.78, 5) is 29.0. The molecule has 0 aliphatic carbocycles. The number of nitrogens with zero attached hydrogens (tertiary/aromatic N) is 4. The first kappa shape index (κ1) is 20.7. The van der Waals surface area contributed by atoms with E-state index in [-0.39, 0.29) is 17.0 Å². The molecule has 1 unspecified atom stereocenters. The van der Waals surface area contributed by atoms with Crippen LogP contribution in [0.5, 0.6) is 0 Å². The highest BCUT2D eigenvalue weighted by Crippen LogP contribution is 2.36. The fourth-order valence-electron chi connectivity index (χ4n) is 3.83. The zero-order chi connectivity index (χ0) is 23.2. The summed E-state index contributed by atoms with van der Waals surface area (Å²) in [5.74, 6) is -1.22. The largest absolute Gasteiger partial charge is 0.410 e. The van der Waals surface area contributed by atoms with Crippen LogP contribution in [0, 0.1) is 0 Å². The van der Waals surface area contributed by atoms with E-state index in [2.05, 4.69) is 20.7 Å². The average Bonchev–Trinajstić information content (AvgIpc) is 3.38. The number of aromatic nitrogens is 4. The van der Waals surface area contributed by atoms with Crippen LogP contribution in [0.3, 0.4) is 0 Å². The molecule has 1 atom stereocenters. The first-order chi connectivity index (χ1) is 15.8. The third kappa shape index (κ3) is 3.93. The molecule has 0 saturated heterocycles. The number of anilines is 1. The van der Waals surface area contributed by atoms with Crippen LogP contribution in [0.2, 0.25) is 0 Å². The monoisotopic (exact) mass is 454 g/mol. The average molecular weight is 454 g/mol. The first-order valence-electron chi connectivity index (χ1n) is 10.0. The molecule has 2 N–H and O–H groups in total. The number of amides is 2. The molecule has 3 aromatic heterocycles. The molecule has 0 spiro atoms. The van der Waals surface area contributed by atoms with Crippen molar-refractivity contribution < 1.29 is 22.8 Å². The smallest absolute Gasteiger partial charge is 0.348 e. The number of alkyl halides is 3. The Labute approximate surface area is 185 Å². The van der Waals surface area contributed by atoms with Gasteiger partial charge in [-0.3, -0.25) is 14.3 Å². The van der Waals surface area contributed by atoms with Crippen LogP contribution in [0.1, 0.15) is 32.6 Å². The highest BCUT2D eigenvalue weighted by Gasteiger charge is 2.45. The predicted octanol–water partition coefficient (Wildman–Crippen LogP) is 3.38. The first-order valence-corrected chi connectivity index (χ1v) is 10.0. The molecule has 0 fully saturated rings. The van der Waals surface area contributed by atoms with E-state index in [0.29, 0.717) is 17.6 Å². The van der Waals surface area contributed by atoms with E-state index in [1.807, 2.05) is 30.3 Å². The summed E-state index contributed by atoms with van der Waals surface area (Å²) in [6, 6.07) is 11.9. The Hall–Kier alpha value is -4.15. The Balaban J connectivity index is 1.41. The summed E-state index contributed by atoms with van der Waals surface area (Å²) in [6.45, 7) is -0.0874. The van der Waals surface area contributed by atoms with Gasteiger partial charge in [-0.25, -0.2) is 4.98 Å². The van der Waals surface area contributed by atoms with Crippen molar-refractivity contribution >= 4 is 28.5 Å². The topological polar surface area (TPSA) is 93.8 Å². The number of nitrogens with one attached hydrogen (secondary N) is 2. The van der Waals surface area contributed by atoms with Gasteiger partial charge in [0, 0.05) is 18.1 Å². The second-order valence-electron chi connectivity index (χ2n) is 7.64. The zero-order valence-electron chi connectivity index (χ0n) is 17.0. The van der Waals surface area contributed by atoms with Crippen LogP contribution >= 0.6 is 0 Å². The van der Waals surface area contributed by atoms with E-state index in [4.69, 9.17) is 0 Å². The van der Waals surface area contributed by atoms with E-state index < -0.39 is 30.6 Å². The summed E-state index contributed by atoms with van der Waals surface area (Å²) >= 11 is 0. The SMILES string of the molecule is O=C(Nc1cnn(Cc2ccccc2)c1)c1ccc2cc3n(c2n1)C(C(F)(F)F)CNC3=O. The number of halogens is 3. The van der Waals surface area contributed by atoms with Gasteiger partial charge in [0.25, 0.3) is 11.8 Å². The Bertz CT molecular complexity index is 1360. The standard InChI is InChI=1S/C22H17F3N6O2/c23-22(24,25)18-10-26-21(33)17-8-14-6-7-16(29-19(14)31(17)18)20(32)28-15-9-27-30(12-15)11-13-4-2-1-3-5-13/h1-9,12,18H,10-11H2,(H,26,33)(H,28,32). The van der Waals surface area contributed by atoms with Crippen LogP contribution < -0.4 is 10.6 Å². The number of hydrogen-bond acceptors (Lipinski definition) is 4. The summed E-state index contributed by atoms with van der Waals surface area (Å²) in [5, 5.41) is 9.45. The van der Waals surface area contributed by atoms with Gasteiger partial charge in [-0.1, -0.05) is 30.3 Å². The van der Waals surface area contributed by atoms with Crippen molar-refractivity contribution in [2.24, 2.45) is 0 Å². The zero-order valence-corrected chi connectivity index (χ0v) is 17.0. The molecular formula is C22H17F3N6O2. The molecule has 0 saturated carbocycles. The van der Waals surface area contributed by atoms with Gasteiger partial charge in [0.15, 0.2) is 0 Å². The molecule has 4 heterocycles. The van der Waals surface area contributed by atoms with Crippen molar-refractivity contribution in [3.05, 3.63) is 77.9 Å². The fourth-order valence-corrected chi connectivity index (χ4v) is 3.83. The lowest BCUT2D eigenvalue weighted by atomic mass is 10.2. The summed E-state index contributed by atoms with van der Waals surface area (Å²) in [7, 11) is 0. The van der Waals surface area contributed by atoms with Crippen LogP contribution in [0.15, 0.2) is 60.9 Å². The lowest BCUT2D eigenvalue weighted by molar-refractivity contribution is -0.166. The molecule has 5 rings (SSSR count). The third-order valence-electron chi connectivity index (χ3n) is 5.37. The van der Waals surface area contributed by atoms with E-state index in [1.54, 1.807) is 10.9 Å². The molecule has 0 bridgehead atoms. The Kier molecular flexibility index (Phi) is 4.88. The summed E-state index contributed by atoms with van der Waals surface area (Å²) in [6.07, 6.45) is -1.48. The molecule has 11 heteroatoms. The van der Waals surface area contributed by atoms with Gasteiger partial charge in [-0.05, 0) is 23.8 Å².